The average Bonchev–Trinajstić information content (AvgIpc) is 2.39. The SMILES string of the molecule is Cc1cc(=O)c(/C=C/C(=O)O)nn1-c1ccccc1Cl. The Labute approximate surface area is 119 Å². The van der Waals surface area contributed by atoms with Gasteiger partial charge in [0.15, 0.2) is 0 Å². The fraction of sp³-hybridized carbons (Fsp3) is 0.0714. The molecule has 0 spiro atoms. The summed E-state index contributed by atoms with van der Waals surface area (Å²) in [6.45, 7) is 1.72. The number of aryl methyl sites for hydroxylation is 1. The molecule has 0 unspecified atom stereocenters. The summed E-state index contributed by atoms with van der Waals surface area (Å²) in [6, 6.07) is 8.44. The Morgan fingerprint density at radius 2 is 2.10 bits per heavy atom. The van der Waals surface area contributed by atoms with Gasteiger partial charge in [-0.2, -0.15) is 5.10 Å². The van der Waals surface area contributed by atoms with Gasteiger partial charge in [0.1, 0.15) is 5.69 Å². The van der Waals surface area contributed by atoms with Crippen LogP contribution in [0.25, 0.3) is 11.8 Å². The van der Waals surface area contributed by atoms with Crippen molar-refractivity contribution in [2.75, 3.05) is 0 Å². The van der Waals surface area contributed by atoms with Crippen molar-refractivity contribution in [2.45, 2.75) is 6.92 Å². The highest BCUT2D eigenvalue weighted by atomic mass is 35.5. The first-order chi connectivity index (χ1) is 9.49. The minimum absolute atomic E-state index is 0.0397. The van der Waals surface area contributed by atoms with E-state index in [0.29, 0.717) is 16.4 Å². The molecule has 0 amide bonds. The molecule has 0 saturated heterocycles. The van der Waals surface area contributed by atoms with Gasteiger partial charge in [0.2, 0.25) is 5.43 Å². The molecule has 0 radical (unpaired) electrons. The molecule has 1 N–H and O–H groups in total. The maximum atomic E-state index is 11.8. The van der Waals surface area contributed by atoms with Crippen molar-refractivity contribution in [1.29, 1.82) is 0 Å². The van der Waals surface area contributed by atoms with Crippen LogP contribution in [0, 0.1) is 6.92 Å². The van der Waals surface area contributed by atoms with Crippen LogP contribution in [-0.2, 0) is 4.79 Å². The minimum atomic E-state index is -1.14. The van der Waals surface area contributed by atoms with Crippen LogP contribution >= 0.6 is 11.6 Å². The third-order valence-electron chi connectivity index (χ3n) is 2.60. The Kier molecular flexibility index (Phi) is 4.00. The van der Waals surface area contributed by atoms with Crippen molar-refractivity contribution < 1.29 is 9.90 Å². The first kappa shape index (κ1) is 14.0. The van der Waals surface area contributed by atoms with Gasteiger partial charge in [0.05, 0.1) is 10.7 Å². The third kappa shape index (κ3) is 2.95. The van der Waals surface area contributed by atoms with Gasteiger partial charge in [-0.15, -0.1) is 0 Å². The second-order valence-electron chi connectivity index (χ2n) is 4.07. The van der Waals surface area contributed by atoms with E-state index in [1.165, 1.54) is 10.7 Å². The number of hydrogen-bond acceptors (Lipinski definition) is 3. The van der Waals surface area contributed by atoms with Crippen LogP contribution in [0.1, 0.15) is 11.4 Å². The van der Waals surface area contributed by atoms with Crippen LogP contribution in [0.4, 0.5) is 0 Å². The van der Waals surface area contributed by atoms with Crippen molar-refractivity contribution in [2.24, 2.45) is 0 Å². The molecule has 0 aliphatic heterocycles. The maximum absolute atomic E-state index is 11.8. The summed E-state index contributed by atoms with van der Waals surface area (Å²) < 4.78 is 1.51. The highest BCUT2D eigenvalue weighted by Crippen LogP contribution is 2.19. The summed E-state index contributed by atoms with van der Waals surface area (Å²) in [4.78, 5) is 22.3. The number of aromatic nitrogens is 2. The molecule has 1 aromatic carbocycles. The maximum Gasteiger partial charge on any atom is 0.328 e. The lowest BCUT2D eigenvalue weighted by molar-refractivity contribution is -0.131. The second kappa shape index (κ2) is 5.71. The van der Waals surface area contributed by atoms with E-state index in [0.717, 1.165) is 12.2 Å². The van der Waals surface area contributed by atoms with Crippen molar-refractivity contribution in [3.8, 4) is 5.69 Å². The molecule has 1 heterocycles. The number of carbonyl (C=O) groups is 1. The molecule has 0 bridgehead atoms. The molecule has 0 fully saturated rings. The first-order valence-corrected chi connectivity index (χ1v) is 6.14. The molecule has 5 nitrogen and oxygen atoms in total. The molecule has 2 aromatic rings. The number of aliphatic carboxylic acids is 1. The Morgan fingerprint density at radius 1 is 1.40 bits per heavy atom. The largest absolute Gasteiger partial charge is 0.478 e. The molecule has 6 heteroatoms. The van der Waals surface area contributed by atoms with E-state index in [4.69, 9.17) is 16.7 Å². The number of hydrogen-bond donors (Lipinski definition) is 1. The lowest BCUT2D eigenvalue weighted by Gasteiger charge is -2.11. The Morgan fingerprint density at radius 3 is 2.75 bits per heavy atom. The van der Waals surface area contributed by atoms with E-state index in [1.54, 1.807) is 31.2 Å². The summed E-state index contributed by atoms with van der Waals surface area (Å²) in [5.41, 5.74) is 0.924. The Hall–Kier alpha value is -2.40. The zero-order valence-electron chi connectivity index (χ0n) is 10.6. The molecule has 2 rings (SSSR count). The third-order valence-corrected chi connectivity index (χ3v) is 2.92. The molecule has 0 aliphatic rings. The monoisotopic (exact) mass is 290 g/mol. The van der Waals surface area contributed by atoms with Gasteiger partial charge < -0.3 is 5.11 Å². The predicted molar refractivity (Wildman–Crippen MR) is 76.3 cm³/mol. The smallest absolute Gasteiger partial charge is 0.328 e. The molecular weight excluding hydrogens is 280 g/mol. The van der Waals surface area contributed by atoms with Gasteiger partial charge in [0.25, 0.3) is 0 Å². The summed E-state index contributed by atoms with van der Waals surface area (Å²) in [6.07, 6.45) is 2.04. The van der Waals surface area contributed by atoms with Crippen LogP contribution in [-0.4, -0.2) is 20.9 Å². The van der Waals surface area contributed by atoms with E-state index < -0.39 is 5.97 Å². The van der Waals surface area contributed by atoms with Crippen LogP contribution in [0.15, 0.2) is 41.2 Å². The van der Waals surface area contributed by atoms with Crippen molar-refractivity contribution >= 4 is 23.6 Å². The summed E-state index contributed by atoms with van der Waals surface area (Å²) >= 11 is 6.10. The average molecular weight is 291 g/mol. The quantitative estimate of drug-likeness (QED) is 0.880. The highest BCUT2D eigenvalue weighted by Gasteiger charge is 2.08. The summed E-state index contributed by atoms with van der Waals surface area (Å²) in [5.74, 6) is -1.14. The van der Waals surface area contributed by atoms with Gasteiger partial charge in [-0.05, 0) is 25.1 Å². The lowest BCUT2D eigenvalue weighted by atomic mass is 10.2. The predicted octanol–water partition coefficient (Wildman–Crippen LogP) is 2.29. The van der Waals surface area contributed by atoms with Crippen LogP contribution in [0.2, 0.25) is 5.02 Å². The number of nitrogens with zero attached hydrogens (tertiary/aromatic N) is 2. The molecule has 102 valence electrons. The number of para-hydroxylation sites is 1. The van der Waals surface area contributed by atoms with Gasteiger partial charge in [0, 0.05) is 17.8 Å². The van der Waals surface area contributed by atoms with Crippen LogP contribution in [0.3, 0.4) is 0 Å². The molecule has 0 saturated carbocycles. The Bertz CT molecular complexity index is 750. The molecular formula is C14H11ClN2O3. The second-order valence-corrected chi connectivity index (χ2v) is 4.48. The fourth-order valence-corrected chi connectivity index (χ4v) is 1.91. The molecule has 20 heavy (non-hydrogen) atoms. The van der Waals surface area contributed by atoms with Crippen LogP contribution in [0.5, 0.6) is 0 Å². The normalized spacial score (nSPS) is 10.9. The number of rotatable bonds is 3. The molecule has 0 atom stereocenters. The van der Waals surface area contributed by atoms with Crippen molar-refractivity contribution in [3.63, 3.8) is 0 Å². The van der Waals surface area contributed by atoms with Gasteiger partial charge >= 0.3 is 5.97 Å². The molecule has 0 aliphatic carbocycles. The lowest BCUT2D eigenvalue weighted by Crippen LogP contribution is -2.16. The molecule has 1 aromatic heterocycles. The zero-order chi connectivity index (χ0) is 14.7. The van der Waals surface area contributed by atoms with E-state index in [9.17, 15) is 9.59 Å². The zero-order valence-corrected chi connectivity index (χ0v) is 11.3. The number of carboxylic acid groups (broad SMARTS) is 1. The van der Waals surface area contributed by atoms with Gasteiger partial charge in [-0.3, -0.25) is 4.79 Å². The van der Waals surface area contributed by atoms with E-state index in [1.807, 2.05) is 0 Å². The fourth-order valence-electron chi connectivity index (χ4n) is 1.69. The number of benzene rings is 1. The van der Waals surface area contributed by atoms with Crippen LogP contribution < -0.4 is 5.43 Å². The van der Waals surface area contributed by atoms with Crippen molar-refractivity contribution in [3.05, 3.63) is 63.0 Å². The topological polar surface area (TPSA) is 72.2 Å². The minimum Gasteiger partial charge on any atom is -0.478 e. The summed E-state index contributed by atoms with van der Waals surface area (Å²) in [7, 11) is 0. The standard InChI is InChI=1S/C14H11ClN2O3/c1-9-8-13(18)11(6-7-14(19)20)16-17(9)12-5-3-2-4-10(12)15/h2-8H,1H3,(H,19,20)/b7-6+. The van der Waals surface area contributed by atoms with E-state index in [2.05, 4.69) is 5.10 Å². The first-order valence-electron chi connectivity index (χ1n) is 5.76. The number of carboxylic acids is 1. The summed E-state index contributed by atoms with van der Waals surface area (Å²) in [5, 5.41) is 13.2. The van der Waals surface area contributed by atoms with Gasteiger partial charge in [-0.1, -0.05) is 23.7 Å². The highest BCUT2D eigenvalue weighted by molar-refractivity contribution is 6.32. The van der Waals surface area contributed by atoms with E-state index >= 15 is 0 Å². The Balaban J connectivity index is 2.61. The van der Waals surface area contributed by atoms with E-state index in [-0.39, 0.29) is 11.1 Å². The number of halogens is 1. The van der Waals surface area contributed by atoms with Gasteiger partial charge in [-0.25, -0.2) is 9.48 Å². The van der Waals surface area contributed by atoms with Crippen molar-refractivity contribution in [1.82, 2.24) is 9.78 Å².